The zero-order valence-electron chi connectivity index (χ0n) is 7.82. The highest BCUT2D eigenvalue weighted by atomic mass is 32.1. The lowest BCUT2D eigenvalue weighted by atomic mass is 10.1. The Morgan fingerprint density at radius 2 is 1.79 bits per heavy atom. The van der Waals surface area contributed by atoms with Gasteiger partial charge in [-0.1, -0.05) is 42.0 Å². The van der Waals surface area contributed by atoms with Crippen LogP contribution in [0.15, 0.2) is 36.4 Å². The van der Waals surface area contributed by atoms with E-state index in [1.807, 2.05) is 12.1 Å². The van der Waals surface area contributed by atoms with Crippen LogP contribution in [0.2, 0.25) is 0 Å². The Morgan fingerprint density at radius 1 is 1.07 bits per heavy atom. The van der Waals surface area contributed by atoms with E-state index in [1.54, 1.807) is 0 Å². The molecule has 2 aromatic rings. The van der Waals surface area contributed by atoms with Gasteiger partial charge in [0.2, 0.25) is 0 Å². The van der Waals surface area contributed by atoms with Gasteiger partial charge in [-0.2, -0.15) is 5.10 Å². The first-order valence-electron chi connectivity index (χ1n) is 4.38. The van der Waals surface area contributed by atoms with Crippen molar-refractivity contribution in [1.82, 2.24) is 10.2 Å². The van der Waals surface area contributed by atoms with Crippen molar-refractivity contribution in [2.75, 3.05) is 0 Å². The first kappa shape index (κ1) is 9.09. The van der Waals surface area contributed by atoms with E-state index in [0.29, 0.717) is 4.64 Å². The highest BCUT2D eigenvalue weighted by Gasteiger charge is 1.96. The van der Waals surface area contributed by atoms with Crippen LogP contribution in [-0.2, 0) is 0 Å². The molecule has 2 rings (SSSR count). The molecule has 0 unspecified atom stereocenters. The van der Waals surface area contributed by atoms with Gasteiger partial charge in [0.25, 0.3) is 0 Å². The summed E-state index contributed by atoms with van der Waals surface area (Å²) in [5.74, 6) is 0. The van der Waals surface area contributed by atoms with Crippen LogP contribution in [0.5, 0.6) is 0 Å². The molecule has 0 radical (unpaired) electrons. The predicted octanol–water partition coefficient (Wildman–Crippen LogP) is 3.11. The largest absolute Gasteiger partial charge is 0.267 e. The van der Waals surface area contributed by atoms with Crippen LogP contribution >= 0.6 is 12.2 Å². The summed E-state index contributed by atoms with van der Waals surface area (Å²) in [6.07, 6.45) is 0. The van der Waals surface area contributed by atoms with Crippen LogP contribution in [0.4, 0.5) is 0 Å². The number of nitrogens with one attached hydrogen (secondary N) is 1. The van der Waals surface area contributed by atoms with Crippen LogP contribution < -0.4 is 0 Å². The van der Waals surface area contributed by atoms with E-state index < -0.39 is 0 Å². The van der Waals surface area contributed by atoms with Crippen molar-refractivity contribution in [2.24, 2.45) is 0 Å². The zero-order chi connectivity index (χ0) is 9.97. The maximum absolute atomic E-state index is 4.92. The van der Waals surface area contributed by atoms with Crippen LogP contribution in [-0.4, -0.2) is 10.2 Å². The van der Waals surface area contributed by atoms with Crippen LogP contribution in [0, 0.1) is 11.6 Å². The summed E-state index contributed by atoms with van der Waals surface area (Å²) < 4.78 is 0.654. The topological polar surface area (TPSA) is 28.7 Å². The molecule has 2 nitrogen and oxygen atoms in total. The summed E-state index contributed by atoms with van der Waals surface area (Å²) in [6, 6.07) is 12.0. The maximum Gasteiger partial charge on any atom is 0.119 e. The minimum atomic E-state index is 0.654. The second kappa shape index (κ2) is 3.72. The molecule has 70 valence electrons. The zero-order valence-corrected chi connectivity index (χ0v) is 8.64. The van der Waals surface area contributed by atoms with Crippen molar-refractivity contribution in [3.8, 4) is 11.3 Å². The van der Waals surface area contributed by atoms with E-state index in [9.17, 15) is 0 Å². The second-order valence-electron chi connectivity index (χ2n) is 3.17. The monoisotopic (exact) mass is 202 g/mol. The van der Waals surface area contributed by atoms with E-state index >= 15 is 0 Å². The number of benzene rings is 1. The highest BCUT2D eigenvalue weighted by molar-refractivity contribution is 7.71. The quantitative estimate of drug-likeness (QED) is 0.720. The van der Waals surface area contributed by atoms with Crippen molar-refractivity contribution in [3.05, 3.63) is 46.6 Å². The van der Waals surface area contributed by atoms with E-state index in [1.165, 1.54) is 5.56 Å². The predicted molar refractivity (Wildman–Crippen MR) is 59.6 cm³/mol. The molecule has 0 fully saturated rings. The molecular formula is C11H10N2S. The van der Waals surface area contributed by atoms with Gasteiger partial charge in [0.05, 0.1) is 5.69 Å². The molecule has 1 heterocycles. The number of aryl methyl sites for hydroxylation is 1. The Bertz CT molecular complexity index is 465. The molecule has 0 spiro atoms. The third-order valence-corrected chi connectivity index (χ3v) is 2.25. The average molecular weight is 202 g/mol. The summed E-state index contributed by atoms with van der Waals surface area (Å²) in [5, 5.41) is 6.93. The summed E-state index contributed by atoms with van der Waals surface area (Å²) in [6.45, 7) is 2.07. The Kier molecular flexibility index (Phi) is 2.41. The number of aromatic amines is 1. The van der Waals surface area contributed by atoms with E-state index in [2.05, 4.69) is 41.4 Å². The molecule has 1 aromatic carbocycles. The molecule has 0 saturated heterocycles. The molecule has 0 bridgehead atoms. The second-order valence-corrected chi connectivity index (χ2v) is 3.61. The molecule has 0 aliphatic rings. The molecular weight excluding hydrogens is 192 g/mol. The number of hydrogen-bond acceptors (Lipinski definition) is 2. The fraction of sp³-hybridized carbons (Fsp3) is 0.0909. The molecule has 0 amide bonds. The highest BCUT2D eigenvalue weighted by Crippen LogP contribution is 2.15. The lowest BCUT2D eigenvalue weighted by Crippen LogP contribution is -1.86. The summed E-state index contributed by atoms with van der Waals surface area (Å²) in [7, 11) is 0. The van der Waals surface area contributed by atoms with Gasteiger partial charge in [0.15, 0.2) is 0 Å². The van der Waals surface area contributed by atoms with Crippen LogP contribution in [0.25, 0.3) is 11.3 Å². The number of rotatable bonds is 1. The van der Waals surface area contributed by atoms with Crippen molar-refractivity contribution in [1.29, 1.82) is 0 Å². The maximum atomic E-state index is 4.92. The molecule has 0 saturated carbocycles. The third-order valence-electron chi connectivity index (χ3n) is 2.03. The first-order valence-corrected chi connectivity index (χ1v) is 4.79. The Balaban J connectivity index is 2.44. The van der Waals surface area contributed by atoms with Crippen LogP contribution in [0.3, 0.4) is 0 Å². The van der Waals surface area contributed by atoms with E-state index in [-0.39, 0.29) is 0 Å². The fourth-order valence-corrected chi connectivity index (χ4v) is 1.34. The normalized spacial score (nSPS) is 10.1. The number of H-pyrrole nitrogens is 1. The Labute approximate surface area is 87.6 Å². The van der Waals surface area contributed by atoms with Crippen LogP contribution in [0.1, 0.15) is 5.56 Å². The van der Waals surface area contributed by atoms with Gasteiger partial charge in [0, 0.05) is 5.56 Å². The molecule has 1 N–H and O–H groups in total. The molecule has 14 heavy (non-hydrogen) atoms. The SMILES string of the molecule is Cc1ccc(-c2ccc(=S)[nH]n2)cc1. The molecule has 0 atom stereocenters. The van der Waals surface area contributed by atoms with Gasteiger partial charge in [-0.25, -0.2) is 0 Å². The molecule has 3 heteroatoms. The van der Waals surface area contributed by atoms with Crippen molar-refractivity contribution in [3.63, 3.8) is 0 Å². The number of nitrogens with zero attached hydrogens (tertiary/aromatic N) is 1. The number of hydrogen-bond donors (Lipinski definition) is 1. The van der Waals surface area contributed by atoms with Gasteiger partial charge in [-0.05, 0) is 19.1 Å². The van der Waals surface area contributed by atoms with Crippen molar-refractivity contribution in [2.45, 2.75) is 6.92 Å². The fourth-order valence-electron chi connectivity index (χ4n) is 1.23. The standard InChI is InChI=1S/C11H10N2S/c1-8-2-4-9(5-3-8)10-6-7-11(14)13-12-10/h2-7H,1H3,(H,13,14). The first-order chi connectivity index (χ1) is 6.75. The van der Waals surface area contributed by atoms with E-state index in [4.69, 9.17) is 12.2 Å². The van der Waals surface area contributed by atoms with Gasteiger partial charge in [0.1, 0.15) is 4.64 Å². The number of aromatic nitrogens is 2. The van der Waals surface area contributed by atoms with Gasteiger partial charge in [-0.15, -0.1) is 0 Å². The Morgan fingerprint density at radius 3 is 2.36 bits per heavy atom. The van der Waals surface area contributed by atoms with Gasteiger partial charge < -0.3 is 0 Å². The Hall–Kier alpha value is -1.48. The summed E-state index contributed by atoms with van der Waals surface area (Å²) >= 11 is 4.92. The van der Waals surface area contributed by atoms with Crippen molar-refractivity contribution < 1.29 is 0 Å². The van der Waals surface area contributed by atoms with Gasteiger partial charge >= 0.3 is 0 Å². The minimum Gasteiger partial charge on any atom is -0.267 e. The molecule has 0 aliphatic heterocycles. The van der Waals surface area contributed by atoms with Crippen molar-refractivity contribution >= 4 is 12.2 Å². The van der Waals surface area contributed by atoms with E-state index in [0.717, 1.165) is 11.3 Å². The average Bonchev–Trinajstić information content (AvgIpc) is 2.21. The summed E-state index contributed by atoms with van der Waals surface area (Å²) in [4.78, 5) is 0. The smallest absolute Gasteiger partial charge is 0.119 e. The van der Waals surface area contributed by atoms with Gasteiger partial charge in [-0.3, -0.25) is 5.10 Å². The lowest BCUT2D eigenvalue weighted by molar-refractivity contribution is 1.02. The lowest BCUT2D eigenvalue weighted by Gasteiger charge is -1.99. The molecule has 0 aliphatic carbocycles. The third kappa shape index (κ3) is 1.88. The minimum absolute atomic E-state index is 0.654. The summed E-state index contributed by atoms with van der Waals surface area (Å²) in [5.41, 5.74) is 3.26. The molecule has 1 aromatic heterocycles.